The van der Waals surface area contributed by atoms with E-state index in [2.05, 4.69) is 0 Å². The summed E-state index contributed by atoms with van der Waals surface area (Å²) in [5.74, 6) is -0.841. The zero-order valence-electron chi connectivity index (χ0n) is 8.43. The van der Waals surface area contributed by atoms with Gasteiger partial charge in [0.05, 0.1) is 5.56 Å². The second-order valence-corrected chi connectivity index (χ2v) is 3.10. The summed E-state index contributed by atoms with van der Waals surface area (Å²) in [6.07, 6.45) is -0.544. The molecule has 0 radical (unpaired) electrons. The molecule has 0 aromatic heterocycles. The molecule has 5 heteroatoms. The molecule has 5 nitrogen and oxygen atoms in total. The van der Waals surface area contributed by atoms with Gasteiger partial charge in [0.1, 0.15) is 5.75 Å². The van der Waals surface area contributed by atoms with Crippen LogP contribution in [0.4, 0.5) is 4.79 Å². The van der Waals surface area contributed by atoms with Crippen molar-refractivity contribution in [1.29, 1.82) is 0 Å². The lowest BCUT2D eigenvalue weighted by Crippen LogP contribution is -2.25. The summed E-state index contributed by atoms with van der Waals surface area (Å²) >= 11 is 0. The van der Waals surface area contributed by atoms with Crippen LogP contribution in [0.5, 0.6) is 5.75 Å². The molecule has 0 spiro atoms. The number of ether oxygens (including phenoxy) is 1. The molecular weight excluding hydrogens is 198 g/mol. The van der Waals surface area contributed by atoms with Gasteiger partial charge in [-0.15, -0.1) is 0 Å². The fourth-order valence-electron chi connectivity index (χ4n) is 0.885. The molecule has 0 saturated heterocycles. The second kappa shape index (κ2) is 4.45. The van der Waals surface area contributed by atoms with Crippen LogP contribution < -0.4 is 4.74 Å². The van der Waals surface area contributed by atoms with Gasteiger partial charge in [0.2, 0.25) is 0 Å². The standard InChI is InChI=1S/C10H11NO4/c1-11(2)10(14)15-8-5-3-4-7(6-8)9(12)13/h3-6H,1-2H3,(H,12,13). The number of carbonyl (C=O) groups is 2. The van der Waals surface area contributed by atoms with Crippen LogP contribution in [0.3, 0.4) is 0 Å². The number of carboxylic acid groups (broad SMARTS) is 1. The Balaban J connectivity index is 2.83. The summed E-state index contributed by atoms with van der Waals surface area (Å²) in [6.45, 7) is 0. The highest BCUT2D eigenvalue weighted by Crippen LogP contribution is 2.13. The average molecular weight is 209 g/mol. The number of hydrogen-bond acceptors (Lipinski definition) is 3. The summed E-state index contributed by atoms with van der Waals surface area (Å²) in [5, 5.41) is 8.70. The van der Waals surface area contributed by atoms with E-state index < -0.39 is 12.1 Å². The Morgan fingerprint density at radius 3 is 2.53 bits per heavy atom. The van der Waals surface area contributed by atoms with Crippen molar-refractivity contribution in [1.82, 2.24) is 4.90 Å². The predicted octanol–water partition coefficient (Wildman–Crippen LogP) is 1.45. The molecule has 1 aromatic rings. The molecule has 0 aliphatic carbocycles. The van der Waals surface area contributed by atoms with Crippen LogP contribution >= 0.6 is 0 Å². The lowest BCUT2D eigenvalue weighted by Gasteiger charge is -2.10. The highest BCUT2D eigenvalue weighted by atomic mass is 16.6. The Kier molecular flexibility index (Phi) is 3.28. The first-order valence-corrected chi connectivity index (χ1v) is 4.23. The first-order valence-electron chi connectivity index (χ1n) is 4.23. The maximum Gasteiger partial charge on any atom is 0.414 e. The van der Waals surface area contributed by atoms with Gasteiger partial charge in [0.25, 0.3) is 0 Å². The summed E-state index contributed by atoms with van der Waals surface area (Å²) in [5.41, 5.74) is 0.0825. The lowest BCUT2D eigenvalue weighted by molar-refractivity contribution is 0.0696. The number of carbonyl (C=O) groups excluding carboxylic acids is 1. The van der Waals surface area contributed by atoms with Gasteiger partial charge in [0.15, 0.2) is 0 Å². The molecular formula is C10H11NO4. The fourth-order valence-corrected chi connectivity index (χ4v) is 0.885. The van der Waals surface area contributed by atoms with Gasteiger partial charge in [0, 0.05) is 14.1 Å². The van der Waals surface area contributed by atoms with Gasteiger partial charge in [-0.25, -0.2) is 9.59 Å². The van der Waals surface area contributed by atoms with E-state index in [4.69, 9.17) is 9.84 Å². The minimum atomic E-state index is -1.06. The van der Waals surface area contributed by atoms with Crippen LogP contribution in [0, 0.1) is 0 Å². The minimum absolute atomic E-state index is 0.0825. The number of benzene rings is 1. The third-order valence-corrected chi connectivity index (χ3v) is 1.65. The van der Waals surface area contributed by atoms with Crippen LogP contribution in [0.15, 0.2) is 24.3 Å². The minimum Gasteiger partial charge on any atom is -0.478 e. The first kappa shape index (κ1) is 11.0. The molecule has 0 aliphatic heterocycles. The molecule has 1 amide bonds. The largest absolute Gasteiger partial charge is 0.478 e. The van der Waals surface area contributed by atoms with Crippen molar-refractivity contribution in [3.8, 4) is 5.75 Å². The van der Waals surface area contributed by atoms with Crippen LogP contribution in [0.1, 0.15) is 10.4 Å². The molecule has 0 atom stereocenters. The highest BCUT2D eigenvalue weighted by molar-refractivity contribution is 5.88. The van der Waals surface area contributed by atoms with E-state index in [-0.39, 0.29) is 11.3 Å². The monoisotopic (exact) mass is 209 g/mol. The van der Waals surface area contributed by atoms with Crippen LogP contribution in [-0.2, 0) is 0 Å². The van der Waals surface area contributed by atoms with E-state index in [9.17, 15) is 9.59 Å². The van der Waals surface area contributed by atoms with Crippen LogP contribution in [-0.4, -0.2) is 36.2 Å². The second-order valence-electron chi connectivity index (χ2n) is 3.10. The molecule has 80 valence electrons. The Bertz CT molecular complexity index is 387. The molecule has 0 heterocycles. The van der Waals surface area contributed by atoms with E-state index in [0.717, 1.165) is 0 Å². The zero-order chi connectivity index (χ0) is 11.4. The first-order chi connectivity index (χ1) is 7.00. The van der Waals surface area contributed by atoms with E-state index in [1.54, 1.807) is 14.1 Å². The van der Waals surface area contributed by atoms with Crippen molar-refractivity contribution in [3.05, 3.63) is 29.8 Å². The van der Waals surface area contributed by atoms with Crippen LogP contribution in [0.2, 0.25) is 0 Å². The van der Waals surface area contributed by atoms with Gasteiger partial charge < -0.3 is 14.7 Å². The van der Waals surface area contributed by atoms with Crippen molar-refractivity contribution in [2.45, 2.75) is 0 Å². The van der Waals surface area contributed by atoms with E-state index >= 15 is 0 Å². The summed E-state index contributed by atoms with van der Waals surface area (Å²) in [7, 11) is 3.09. The third-order valence-electron chi connectivity index (χ3n) is 1.65. The molecule has 0 unspecified atom stereocenters. The maximum absolute atomic E-state index is 11.1. The SMILES string of the molecule is CN(C)C(=O)Oc1cccc(C(=O)O)c1. The smallest absolute Gasteiger partial charge is 0.414 e. The maximum atomic E-state index is 11.1. The van der Waals surface area contributed by atoms with Crippen molar-refractivity contribution in [2.75, 3.05) is 14.1 Å². The van der Waals surface area contributed by atoms with Gasteiger partial charge >= 0.3 is 12.1 Å². The normalized spacial score (nSPS) is 9.47. The van der Waals surface area contributed by atoms with Crippen molar-refractivity contribution in [3.63, 3.8) is 0 Å². The number of aromatic carboxylic acids is 1. The third kappa shape index (κ3) is 2.98. The Morgan fingerprint density at radius 2 is 2.00 bits per heavy atom. The number of hydrogen-bond donors (Lipinski definition) is 1. The van der Waals surface area contributed by atoms with Gasteiger partial charge in [-0.05, 0) is 18.2 Å². The number of nitrogens with zero attached hydrogens (tertiary/aromatic N) is 1. The molecule has 1 rings (SSSR count). The molecule has 15 heavy (non-hydrogen) atoms. The van der Waals surface area contributed by atoms with Gasteiger partial charge in [-0.1, -0.05) is 6.07 Å². The van der Waals surface area contributed by atoms with Crippen LogP contribution in [0.25, 0.3) is 0 Å². The zero-order valence-corrected chi connectivity index (χ0v) is 8.43. The predicted molar refractivity (Wildman–Crippen MR) is 53.1 cm³/mol. The topological polar surface area (TPSA) is 66.8 Å². The highest BCUT2D eigenvalue weighted by Gasteiger charge is 2.08. The molecule has 0 saturated carbocycles. The Morgan fingerprint density at radius 1 is 1.33 bits per heavy atom. The molecule has 0 bridgehead atoms. The van der Waals surface area contributed by atoms with Crippen molar-refractivity contribution in [2.24, 2.45) is 0 Å². The van der Waals surface area contributed by atoms with Gasteiger partial charge in [-0.2, -0.15) is 0 Å². The number of rotatable bonds is 2. The van der Waals surface area contributed by atoms with E-state index in [0.29, 0.717) is 0 Å². The Hall–Kier alpha value is -2.04. The molecule has 1 aromatic carbocycles. The van der Waals surface area contributed by atoms with E-state index in [1.807, 2.05) is 0 Å². The summed E-state index contributed by atoms with van der Waals surface area (Å²) in [4.78, 5) is 23.0. The van der Waals surface area contributed by atoms with Crippen molar-refractivity contribution >= 4 is 12.1 Å². The molecule has 0 aliphatic rings. The number of carboxylic acids is 1. The summed E-state index contributed by atoms with van der Waals surface area (Å²) < 4.78 is 4.89. The molecule has 0 fully saturated rings. The quantitative estimate of drug-likeness (QED) is 0.800. The van der Waals surface area contributed by atoms with E-state index in [1.165, 1.54) is 29.2 Å². The summed E-state index contributed by atoms with van der Waals surface area (Å²) in [6, 6.07) is 5.76. The lowest BCUT2D eigenvalue weighted by atomic mass is 10.2. The average Bonchev–Trinajstić information content (AvgIpc) is 2.18. The van der Waals surface area contributed by atoms with Gasteiger partial charge in [-0.3, -0.25) is 0 Å². The Labute approximate surface area is 86.9 Å². The number of amides is 1. The molecule has 1 N–H and O–H groups in total. The van der Waals surface area contributed by atoms with Crippen molar-refractivity contribution < 1.29 is 19.4 Å². The fraction of sp³-hybridized carbons (Fsp3) is 0.200.